The molecule has 2 N–H and O–H groups in total. The average Bonchev–Trinajstić information content (AvgIpc) is 2.75. The highest BCUT2D eigenvalue weighted by Crippen LogP contribution is 2.23. The van der Waals surface area contributed by atoms with E-state index in [1.54, 1.807) is 24.4 Å². The Balaban J connectivity index is 2.28. The van der Waals surface area contributed by atoms with E-state index in [1.807, 2.05) is 25.3 Å². The van der Waals surface area contributed by atoms with Gasteiger partial charge in [-0.05, 0) is 50.6 Å². The zero-order chi connectivity index (χ0) is 14.9. The number of aromatic nitrogens is 1. The van der Waals surface area contributed by atoms with Crippen LogP contribution in [0.5, 0.6) is 5.75 Å². The number of aryl methyl sites for hydroxylation is 1. The van der Waals surface area contributed by atoms with Crippen molar-refractivity contribution < 1.29 is 9.90 Å². The molecule has 0 aliphatic rings. The van der Waals surface area contributed by atoms with E-state index in [-0.39, 0.29) is 17.7 Å². The lowest BCUT2D eigenvalue weighted by molar-refractivity contribution is 0.101. The molecule has 2 rings (SSSR count). The zero-order valence-corrected chi connectivity index (χ0v) is 12.4. The SMILES string of the molecule is Cc1cc(O)ccc1NC(=O)c1cc(Cl)cn1C(C)C. The van der Waals surface area contributed by atoms with Crippen LogP contribution in [0.15, 0.2) is 30.5 Å². The van der Waals surface area contributed by atoms with E-state index in [1.165, 1.54) is 6.07 Å². The fraction of sp³-hybridized carbons (Fsp3) is 0.267. The van der Waals surface area contributed by atoms with Gasteiger partial charge >= 0.3 is 0 Å². The molecule has 0 bridgehead atoms. The lowest BCUT2D eigenvalue weighted by Gasteiger charge is -2.13. The van der Waals surface area contributed by atoms with Crippen molar-refractivity contribution in [2.75, 3.05) is 5.32 Å². The van der Waals surface area contributed by atoms with Crippen LogP contribution in [0.4, 0.5) is 5.69 Å². The molecule has 0 saturated heterocycles. The van der Waals surface area contributed by atoms with Crippen molar-refractivity contribution in [3.8, 4) is 5.75 Å². The van der Waals surface area contributed by atoms with Crippen LogP contribution in [0.2, 0.25) is 5.02 Å². The highest BCUT2D eigenvalue weighted by atomic mass is 35.5. The summed E-state index contributed by atoms with van der Waals surface area (Å²) in [6.07, 6.45) is 1.74. The van der Waals surface area contributed by atoms with Crippen LogP contribution in [0.25, 0.3) is 0 Å². The summed E-state index contributed by atoms with van der Waals surface area (Å²) in [6.45, 7) is 5.79. The van der Waals surface area contributed by atoms with Crippen molar-refractivity contribution in [3.05, 3.63) is 46.7 Å². The van der Waals surface area contributed by atoms with Crippen LogP contribution in [-0.4, -0.2) is 15.6 Å². The molecule has 4 nitrogen and oxygen atoms in total. The van der Waals surface area contributed by atoms with Crippen molar-refractivity contribution in [3.63, 3.8) is 0 Å². The van der Waals surface area contributed by atoms with Crippen molar-refractivity contribution in [1.82, 2.24) is 4.57 Å². The number of nitrogens with one attached hydrogen (secondary N) is 1. The lowest BCUT2D eigenvalue weighted by Crippen LogP contribution is -2.18. The number of benzene rings is 1. The third-order valence-corrected chi connectivity index (χ3v) is 3.27. The number of aromatic hydroxyl groups is 1. The van der Waals surface area contributed by atoms with Crippen molar-refractivity contribution in [2.45, 2.75) is 26.8 Å². The van der Waals surface area contributed by atoms with E-state index in [4.69, 9.17) is 11.6 Å². The molecule has 0 aliphatic heterocycles. The van der Waals surface area contributed by atoms with Gasteiger partial charge < -0.3 is 15.0 Å². The van der Waals surface area contributed by atoms with E-state index in [0.29, 0.717) is 16.4 Å². The molecule has 1 aromatic carbocycles. The van der Waals surface area contributed by atoms with Gasteiger partial charge in [0, 0.05) is 17.9 Å². The number of anilines is 1. The lowest BCUT2D eigenvalue weighted by atomic mass is 10.2. The summed E-state index contributed by atoms with van der Waals surface area (Å²) < 4.78 is 1.83. The molecule has 106 valence electrons. The Hall–Kier alpha value is -1.94. The Morgan fingerprint density at radius 1 is 1.35 bits per heavy atom. The van der Waals surface area contributed by atoms with Gasteiger partial charge in [-0.2, -0.15) is 0 Å². The molecule has 0 fully saturated rings. The van der Waals surface area contributed by atoms with E-state index in [9.17, 15) is 9.90 Å². The number of halogens is 1. The normalized spacial score (nSPS) is 10.8. The summed E-state index contributed by atoms with van der Waals surface area (Å²) in [6, 6.07) is 6.60. The van der Waals surface area contributed by atoms with Gasteiger partial charge in [0.1, 0.15) is 11.4 Å². The molecule has 20 heavy (non-hydrogen) atoms. The Morgan fingerprint density at radius 2 is 2.05 bits per heavy atom. The Bertz CT molecular complexity index is 647. The third-order valence-electron chi connectivity index (χ3n) is 3.06. The van der Waals surface area contributed by atoms with E-state index >= 15 is 0 Å². The maximum atomic E-state index is 12.3. The molecular weight excluding hydrogens is 276 g/mol. The first kappa shape index (κ1) is 14.5. The predicted molar refractivity (Wildman–Crippen MR) is 80.6 cm³/mol. The van der Waals surface area contributed by atoms with Crippen molar-refractivity contribution >= 4 is 23.2 Å². The van der Waals surface area contributed by atoms with E-state index in [2.05, 4.69) is 5.32 Å². The summed E-state index contributed by atoms with van der Waals surface area (Å²) in [5.41, 5.74) is 1.98. The number of hydrogen-bond acceptors (Lipinski definition) is 2. The highest BCUT2D eigenvalue weighted by molar-refractivity contribution is 6.31. The van der Waals surface area contributed by atoms with Crippen LogP contribution in [0.1, 0.15) is 35.9 Å². The zero-order valence-electron chi connectivity index (χ0n) is 11.6. The fourth-order valence-corrected chi connectivity index (χ4v) is 2.24. The van der Waals surface area contributed by atoms with Crippen molar-refractivity contribution in [1.29, 1.82) is 0 Å². The fourth-order valence-electron chi connectivity index (χ4n) is 2.03. The third kappa shape index (κ3) is 2.96. The largest absolute Gasteiger partial charge is 0.508 e. The summed E-state index contributed by atoms with van der Waals surface area (Å²) in [5.74, 6) is -0.0477. The number of carbonyl (C=O) groups is 1. The first-order valence-corrected chi connectivity index (χ1v) is 6.74. The van der Waals surface area contributed by atoms with Gasteiger partial charge in [0.05, 0.1) is 5.02 Å². The van der Waals surface area contributed by atoms with Gasteiger partial charge in [0.25, 0.3) is 5.91 Å². The summed E-state index contributed by atoms with van der Waals surface area (Å²) in [5, 5.41) is 12.7. The van der Waals surface area contributed by atoms with Gasteiger partial charge in [0.15, 0.2) is 0 Å². The van der Waals surface area contributed by atoms with Crippen LogP contribution < -0.4 is 5.32 Å². The number of hydrogen-bond donors (Lipinski definition) is 2. The summed E-state index contributed by atoms with van der Waals surface area (Å²) in [7, 11) is 0. The molecule has 0 radical (unpaired) electrons. The van der Waals surface area contributed by atoms with Crippen LogP contribution in [0.3, 0.4) is 0 Å². The number of carbonyl (C=O) groups excluding carboxylic acids is 1. The maximum absolute atomic E-state index is 12.3. The molecule has 0 spiro atoms. The number of phenols is 1. The van der Waals surface area contributed by atoms with Crippen LogP contribution in [0, 0.1) is 6.92 Å². The molecule has 2 aromatic rings. The Kier molecular flexibility index (Phi) is 4.04. The molecule has 1 heterocycles. The van der Waals surface area contributed by atoms with Crippen LogP contribution in [-0.2, 0) is 0 Å². The van der Waals surface area contributed by atoms with Gasteiger partial charge in [-0.3, -0.25) is 4.79 Å². The molecule has 1 amide bonds. The second-order valence-electron chi connectivity index (χ2n) is 5.00. The number of amides is 1. The standard InChI is InChI=1S/C15H17ClN2O2/c1-9(2)18-8-11(16)7-14(18)15(20)17-13-5-4-12(19)6-10(13)3/h4-9,19H,1-3H3,(H,17,20). The second-order valence-corrected chi connectivity index (χ2v) is 5.43. The topological polar surface area (TPSA) is 54.3 Å². The first-order chi connectivity index (χ1) is 9.38. The molecular formula is C15H17ClN2O2. The van der Waals surface area contributed by atoms with Crippen LogP contribution >= 0.6 is 11.6 Å². The molecule has 0 atom stereocenters. The summed E-state index contributed by atoms with van der Waals surface area (Å²) >= 11 is 5.97. The average molecular weight is 293 g/mol. The minimum absolute atomic E-state index is 0.143. The van der Waals surface area contributed by atoms with Gasteiger partial charge in [-0.1, -0.05) is 11.6 Å². The number of nitrogens with zero attached hydrogens (tertiary/aromatic N) is 1. The van der Waals surface area contributed by atoms with Gasteiger partial charge in [0.2, 0.25) is 0 Å². The van der Waals surface area contributed by atoms with E-state index < -0.39 is 0 Å². The van der Waals surface area contributed by atoms with Gasteiger partial charge in [-0.25, -0.2) is 0 Å². The minimum Gasteiger partial charge on any atom is -0.508 e. The molecule has 5 heteroatoms. The monoisotopic (exact) mass is 292 g/mol. The van der Waals surface area contributed by atoms with E-state index in [0.717, 1.165) is 5.56 Å². The predicted octanol–water partition coefficient (Wildman–Crippen LogP) is 3.99. The highest BCUT2D eigenvalue weighted by Gasteiger charge is 2.16. The number of phenolic OH excluding ortho intramolecular Hbond substituents is 1. The minimum atomic E-state index is -0.223. The Morgan fingerprint density at radius 3 is 2.65 bits per heavy atom. The Labute approximate surface area is 123 Å². The molecule has 0 unspecified atom stereocenters. The second kappa shape index (κ2) is 5.59. The van der Waals surface area contributed by atoms with Crippen molar-refractivity contribution in [2.24, 2.45) is 0 Å². The molecule has 0 saturated carbocycles. The van der Waals surface area contributed by atoms with Gasteiger partial charge in [-0.15, -0.1) is 0 Å². The maximum Gasteiger partial charge on any atom is 0.272 e. The quantitative estimate of drug-likeness (QED) is 0.841. The molecule has 1 aromatic heterocycles. The summed E-state index contributed by atoms with van der Waals surface area (Å²) in [4.78, 5) is 12.3. The first-order valence-electron chi connectivity index (χ1n) is 6.37. The smallest absolute Gasteiger partial charge is 0.272 e. The number of rotatable bonds is 3. The molecule has 0 aliphatic carbocycles.